The lowest BCUT2D eigenvalue weighted by Gasteiger charge is -2.33. The summed E-state index contributed by atoms with van der Waals surface area (Å²) in [6.45, 7) is 7.74. The van der Waals surface area contributed by atoms with E-state index in [4.69, 9.17) is 15.5 Å². The number of pyridine rings is 1. The fourth-order valence-corrected chi connectivity index (χ4v) is 8.71. The summed E-state index contributed by atoms with van der Waals surface area (Å²) in [6.07, 6.45) is 7.23. The summed E-state index contributed by atoms with van der Waals surface area (Å²) in [5, 5.41) is 0. The van der Waals surface area contributed by atoms with Gasteiger partial charge in [0, 0.05) is 60.3 Å². The molecule has 41 heavy (non-hydrogen) atoms. The lowest BCUT2D eigenvalue weighted by molar-refractivity contribution is 0.216. The Balaban J connectivity index is 1.20. The molecule has 2 fully saturated rings. The Bertz CT molecular complexity index is 1620. The first kappa shape index (κ1) is 26.6. The normalized spacial score (nSPS) is 24.0. The number of nitrogens with zero attached hydrogens (tertiary/aromatic N) is 6. The van der Waals surface area contributed by atoms with Crippen LogP contribution < -0.4 is 15.4 Å². The van der Waals surface area contributed by atoms with Crippen molar-refractivity contribution in [2.45, 2.75) is 63.1 Å². The van der Waals surface area contributed by atoms with Gasteiger partial charge in [0.1, 0.15) is 35.2 Å². The minimum atomic E-state index is -3.77. The maximum absolute atomic E-state index is 13.7. The summed E-state index contributed by atoms with van der Waals surface area (Å²) in [4.78, 5) is 18.3. The number of benzene rings is 1. The number of nitrogens with two attached hydrogens (primary N) is 1. The molecule has 2 bridgehead atoms. The first-order chi connectivity index (χ1) is 19.6. The van der Waals surface area contributed by atoms with Crippen molar-refractivity contribution in [1.82, 2.24) is 24.2 Å². The predicted molar refractivity (Wildman–Crippen MR) is 157 cm³/mol. The molecule has 3 aromatic rings. The van der Waals surface area contributed by atoms with E-state index in [9.17, 15) is 8.42 Å². The number of rotatable bonds is 4. The smallest absolute Gasteiger partial charge is 0.247 e. The van der Waals surface area contributed by atoms with Gasteiger partial charge in [-0.25, -0.2) is 23.4 Å². The lowest BCUT2D eigenvalue weighted by atomic mass is 9.76. The van der Waals surface area contributed by atoms with Gasteiger partial charge in [0.05, 0.1) is 6.54 Å². The molecule has 216 valence electrons. The zero-order valence-corrected chi connectivity index (χ0v) is 24.7. The average molecular weight is 576 g/mol. The van der Waals surface area contributed by atoms with Crippen LogP contribution in [-0.2, 0) is 29.4 Å². The molecular weight excluding hydrogens is 538 g/mol. The number of likely N-dealkylation sites (tertiary alicyclic amines) is 1. The highest BCUT2D eigenvalue weighted by Crippen LogP contribution is 2.40. The Morgan fingerprint density at radius 1 is 1.07 bits per heavy atom. The molecular formula is C30H37N7O3S. The molecule has 10 nitrogen and oxygen atoms in total. The summed E-state index contributed by atoms with van der Waals surface area (Å²) in [6, 6.07) is 7.90. The van der Waals surface area contributed by atoms with E-state index >= 15 is 0 Å². The van der Waals surface area contributed by atoms with Crippen LogP contribution in [0.4, 0.5) is 11.6 Å². The van der Waals surface area contributed by atoms with Crippen molar-refractivity contribution in [3.05, 3.63) is 53.6 Å². The van der Waals surface area contributed by atoms with Crippen LogP contribution in [-0.4, -0.2) is 77.9 Å². The molecule has 0 unspecified atom stereocenters. The molecule has 2 aromatic heterocycles. The SMILES string of the molecule is CN1C[C@@H]2C[C@H]1CN2S(=O)(=O)c1cc(-c2ccc3c(c2)CN(c2ncnc4c2CC(C)(C)CC4)CCO3)cnc1N. The number of hydrogen-bond acceptors (Lipinski definition) is 9. The zero-order chi connectivity index (χ0) is 28.5. The van der Waals surface area contributed by atoms with E-state index in [1.165, 1.54) is 5.56 Å². The fraction of sp³-hybridized carbons (Fsp3) is 0.500. The van der Waals surface area contributed by atoms with Crippen LogP contribution in [0, 0.1) is 5.41 Å². The van der Waals surface area contributed by atoms with Gasteiger partial charge in [-0.15, -0.1) is 0 Å². The van der Waals surface area contributed by atoms with Crippen molar-refractivity contribution in [1.29, 1.82) is 0 Å². The number of piperazine rings is 1. The molecule has 2 N–H and O–H groups in total. The van der Waals surface area contributed by atoms with Crippen molar-refractivity contribution < 1.29 is 13.2 Å². The molecule has 0 saturated carbocycles. The number of ether oxygens (including phenoxy) is 1. The number of fused-ring (bicyclic) bond motifs is 4. The molecule has 1 aromatic carbocycles. The lowest BCUT2D eigenvalue weighted by Crippen LogP contribution is -2.47. The molecule has 0 spiro atoms. The van der Waals surface area contributed by atoms with E-state index in [0.29, 0.717) is 31.8 Å². The van der Waals surface area contributed by atoms with Crippen molar-refractivity contribution in [3.8, 4) is 16.9 Å². The summed E-state index contributed by atoms with van der Waals surface area (Å²) in [5.41, 5.74) is 11.4. The predicted octanol–water partition coefficient (Wildman–Crippen LogP) is 3.11. The van der Waals surface area contributed by atoms with Crippen LogP contribution in [0.15, 0.2) is 41.7 Å². The van der Waals surface area contributed by atoms with Gasteiger partial charge >= 0.3 is 0 Å². The number of sulfonamides is 1. The Morgan fingerprint density at radius 2 is 1.93 bits per heavy atom. The highest BCUT2D eigenvalue weighted by molar-refractivity contribution is 7.89. The van der Waals surface area contributed by atoms with E-state index in [-0.39, 0.29) is 28.2 Å². The molecule has 11 heteroatoms. The van der Waals surface area contributed by atoms with Gasteiger partial charge in [0.25, 0.3) is 0 Å². The van der Waals surface area contributed by atoms with E-state index in [1.807, 2.05) is 12.1 Å². The third-order valence-electron chi connectivity index (χ3n) is 9.31. The van der Waals surface area contributed by atoms with Crippen molar-refractivity contribution >= 4 is 21.7 Å². The molecule has 2 atom stereocenters. The Hall–Kier alpha value is -3.28. The third kappa shape index (κ3) is 4.64. The minimum absolute atomic E-state index is 0.0215. The Kier molecular flexibility index (Phi) is 6.26. The average Bonchev–Trinajstić information content (AvgIpc) is 3.45. The van der Waals surface area contributed by atoms with Crippen LogP contribution >= 0.6 is 0 Å². The standard InChI is InChI=1S/C30H37N7O3S/c1-30(2)7-6-25-24(13-30)29(34-18-33-25)36-8-9-40-26-5-4-19(10-21(26)15-36)20-11-27(28(31)32-14-20)41(38,39)37-17-22-12-23(37)16-35(22)3/h4-5,10-11,14,18,22-23H,6-9,12-13,15-17H2,1-3H3,(H2,31,32)/t22-,23-/m0/s1. The van der Waals surface area contributed by atoms with Crippen LogP contribution in [0.5, 0.6) is 5.75 Å². The third-order valence-corrected chi connectivity index (χ3v) is 11.3. The van der Waals surface area contributed by atoms with Gasteiger partial charge in [-0.3, -0.25) is 0 Å². The van der Waals surface area contributed by atoms with Gasteiger partial charge in [0.15, 0.2) is 0 Å². The topological polar surface area (TPSA) is 118 Å². The van der Waals surface area contributed by atoms with Gasteiger partial charge in [-0.05, 0) is 61.9 Å². The number of anilines is 2. The van der Waals surface area contributed by atoms with Gasteiger partial charge in [-0.2, -0.15) is 4.31 Å². The highest BCUT2D eigenvalue weighted by Gasteiger charge is 2.47. The fourth-order valence-electron chi connectivity index (χ4n) is 6.96. The Morgan fingerprint density at radius 3 is 2.71 bits per heavy atom. The molecule has 7 rings (SSSR count). The molecule has 0 radical (unpaired) electrons. The van der Waals surface area contributed by atoms with Crippen molar-refractivity contribution in [2.24, 2.45) is 5.41 Å². The quantitative estimate of drug-likeness (QED) is 0.501. The van der Waals surface area contributed by atoms with E-state index in [1.54, 1.807) is 22.9 Å². The van der Waals surface area contributed by atoms with Crippen LogP contribution in [0.3, 0.4) is 0 Å². The molecule has 4 aliphatic rings. The highest BCUT2D eigenvalue weighted by atomic mass is 32.2. The molecule has 5 heterocycles. The minimum Gasteiger partial charge on any atom is -0.491 e. The summed E-state index contributed by atoms with van der Waals surface area (Å²) >= 11 is 0. The zero-order valence-electron chi connectivity index (χ0n) is 23.9. The van der Waals surface area contributed by atoms with E-state index in [0.717, 1.165) is 60.6 Å². The van der Waals surface area contributed by atoms with Gasteiger partial charge in [0.2, 0.25) is 10.0 Å². The first-order valence-electron chi connectivity index (χ1n) is 14.4. The second kappa shape index (κ2) is 9.64. The monoisotopic (exact) mass is 575 g/mol. The number of aryl methyl sites for hydroxylation is 1. The molecule has 3 aliphatic heterocycles. The van der Waals surface area contributed by atoms with Crippen molar-refractivity contribution in [3.63, 3.8) is 0 Å². The summed E-state index contributed by atoms with van der Waals surface area (Å²) < 4.78 is 35.2. The Labute approximate surface area is 241 Å². The first-order valence-corrected chi connectivity index (χ1v) is 15.8. The van der Waals surface area contributed by atoms with Gasteiger partial charge in [-0.1, -0.05) is 19.9 Å². The number of likely N-dealkylation sites (N-methyl/N-ethyl adjacent to an activating group) is 1. The largest absolute Gasteiger partial charge is 0.491 e. The maximum Gasteiger partial charge on any atom is 0.247 e. The summed E-state index contributed by atoms with van der Waals surface area (Å²) in [5.74, 6) is 1.84. The molecule has 1 aliphatic carbocycles. The van der Waals surface area contributed by atoms with E-state index < -0.39 is 10.0 Å². The van der Waals surface area contributed by atoms with Crippen LogP contribution in [0.1, 0.15) is 43.5 Å². The molecule has 2 saturated heterocycles. The second-order valence-corrected chi connectivity index (χ2v) is 14.6. The number of aromatic nitrogens is 3. The number of hydrogen-bond donors (Lipinski definition) is 1. The van der Waals surface area contributed by atoms with Crippen LogP contribution in [0.25, 0.3) is 11.1 Å². The maximum atomic E-state index is 13.7. The van der Waals surface area contributed by atoms with Gasteiger partial charge < -0.3 is 20.3 Å². The van der Waals surface area contributed by atoms with Crippen LogP contribution in [0.2, 0.25) is 0 Å². The number of nitrogen functional groups attached to an aromatic ring is 1. The second-order valence-electron chi connectivity index (χ2n) is 12.7. The van der Waals surface area contributed by atoms with E-state index in [2.05, 4.69) is 46.7 Å². The van der Waals surface area contributed by atoms with Crippen molar-refractivity contribution in [2.75, 3.05) is 43.9 Å². The summed E-state index contributed by atoms with van der Waals surface area (Å²) in [7, 11) is -1.72. The molecule has 0 amide bonds.